The van der Waals surface area contributed by atoms with E-state index in [1.807, 2.05) is 0 Å². The maximum Gasteiger partial charge on any atom is 0.416 e. The Morgan fingerprint density at radius 1 is 0.649 bits per heavy atom. The maximum absolute atomic E-state index is 13.3. The molecular weight excluding hydrogens is 524 g/mol. The SMILES string of the molecule is C[C@@H](C1CCCC1P(c1ccc(C(F)(F)F)cc1)c1ccc(C(F)(F)F)cc1)P(C(C)(C)C)C(C)(C)C. The molecule has 1 fully saturated rings. The molecule has 0 saturated heterocycles. The Morgan fingerprint density at radius 3 is 1.35 bits per heavy atom. The molecule has 0 heterocycles. The molecule has 0 aromatic heterocycles. The molecule has 0 N–H and O–H groups in total. The second kappa shape index (κ2) is 10.8. The van der Waals surface area contributed by atoms with Crippen LogP contribution >= 0.6 is 15.8 Å². The van der Waals surface area contributed by atoms with E-state index >= 15 is 0 Å². The summed E-state index contributed by atoms with van der Waals surface area (Å²) in [6, 6.07) is 10.6. The van der Waals surface area contributed by atoms with Crippen LogP contribution < -0.4 is 10.6 Å². The minimum Gasteiger partial charge on any atom is -0.166 e. The zero-order valence-electron chi connectivity index (χ0n) is 22.6. The molecule has 0 amide bonds. The van der Waals surface area contributed by atoms with Gasteiger partial charge in [-0.05, 0) is 83.2 Å². The van der Waals surface area contributed by atoms with Crippen LogP contribution in [0.1, 0.15) is 78.9 Å². The van der Waals surface area contributed by atoms with Gasteiger partial charge in [-0.2, -0.15) is 26.3 Å². The lowest BCUT2D eigenvalue weighted by atomic mass is 10.0. The summed E-state index contributed by atoms with van der Waals surface area (Å²) in [5.41, 5.74) is -0.803. The van der Waals surface area contributed by atoms with Crippen molar-refractivity contribution in [3.63, 3.8) is 0 Å². The molecule has 3 rings (SSSR count). The lowest BCUT2D eigenvalue weighted by Crippen LogP contribution is -2.37. The summed E-state index contributed by atoms with van der Waals surface area (Å²) in [5.74, 6) is 0.361. The van der Waals surface area contributed by atoms with Crippen molar-refractivity contribution in [1.82, 2.24) is 0 Å². The van der Waals surface area contributed by atoms with E-state index in [9.17, 15) is 26.3 Å². The smallest absolute Gasteiger partial charge is 0.166 e. The fourth-order valence-corrected chi connectivity index (χ4v) is 15.0. The second-order valence-corrected chi connectivity index (χ2v) is 18.7. The minimum absolute atomic E-state index is 0.117. The molecule has 0 radical (unpaired) electrons. The molecule has 0 bridgehead atoms. The quantitative estimate of drug-likeness (QED) is 0.251. The van der Waals surface area contributed by atoms with Gasteiger partial charge in [-0.1, -0.05) is 87.1 Å². The van der Waals surface area contributed by atoms with Crippen molar-refractivity contribution < 1.29 is 26.3 Å². The van der Waals surface area contributed by atoms with Crippen LogP contribution in [0.3, 0.4) is 0 Å². The number of hydrogen-bond acceptors (Lipinski definition) is 0. The zero-order chi connectivity index (χ0) is 28.0. The van der Waals surface area contributed by atoms with Gasteiger partial charge in [0.2, 0.25) is 0 Å². The van der Waals surface area contributed by atoms with E-state index in [0.717, 1.165) is 54.1 Å². The van der Waals surface area contributed by atoms with Crippen molar-refractivity contribution in [2.45, 2.75) is 102 Å². The first-order valence-electron chi connectivity index (χ1n) is 12.7. The van der Waals surface area contributed by atoms with Gasteiger partial charge in [-0.3, -0.25) is 0 Å². The van der Waals surface area contributed by atoms with Gasteiger partial charge >= 0.3 is 12.4 Å². The molecule has 1 aliphatic rings. The average Bonchev–Trinajstić information content (AvgIpc) is 3.21. The molecule has 2 aromatic rings. The summed E-state index contributed by atoms with van der Waals surface area (Å²) in [5, 5.41) is 1.82. The van der Waals surface area contributed by atoms with Gasteiger partial charge in [0, 0.05) is 0 Å². The average molecular weight is 563 g/mol. The lowest BCUT2D eigenvalue weighted by Gasteiger charge is -2.49. The van der Waals surface area contributed by atoms with Crippen LogP contribution in [0.25, 0.3) is 0 Å². The van der Waals surface area contributed by atoms with E-state index in [1.165, 1.54) is 0 Å². The third-order valence-corrected chi connectivity index (χ3v) is 14.4. The van der Waals surface area contributed by atoms with Gasteiger partial charge in [0.1, 0.15) is 0 Å². The van der Waals surface area contributed by atoms with Crippen molar-refractivity contribution >= 4 is 26.5 Å². The van der Waals surface area contributed by atoms with E-state index in [1.54, 1.807) is 24.3 Å². The van der Waals surface area contributed by atoms with Crippen molar-refractivity contribution in [2.75, 3.05) is 0 Å². The Bertz CT molecular complexity index is 956. The highest BCUT2D eigenvalue weighted by molar-refractivity contribution is 7.73. The Labute approximate surface area is 220 Å². The summed E-state index contributed by atoms with van der Waals surface area (Å²) in [7, 11) is -1.57. The third-order valence-electron chi connectivity index (χ3n) is 7.28. The predicted octanol–water partition coefficient (Wildman–Crippen LogP) is 9.79. The van der Waals surface area contributed by atoms with Gasteiger partial charge in [0.15, 0.2) is 0 Å². The van der Waals surface area contributed by atoms with Gasteiger partial charge in [0.25, 0.3) is 0 Å². The molecule has 3 atom stereocenters. The van der Waals surface area contributed by atoms with Gasteiger partial charge in [-0.15, -0.1) is 0 Å². The van der Waals surface area contributed by atoms with E-state index in [-0.39, 0.29) is 16.0 Å². The van der Waals surface area contributed by atoms with Crippen molar-refractivity contribution in [3.05, 3.63) is 59.7 Å². The number of alkyl halides is 6. The van der Waals surface area contributed by atoms with E-state index in [0.29, 0.717) is 11.6 Å². The number of benzene rings is 2. The van der Waals surface area contributed by atoms with E-state index < -0.39 is 39.3 Å². The summed E-state index contributed by atoms with van der Waals surface area (Å²) < 4.78 is 79.7. The highest BCUT2D eigenvalue weighted by Crippen LogP contribution is 2.67. The monoisotopic (exact) mass is 562 g/mol. The normalized spacial score (nSPS) is 20.6. The van der Waals surface area contributed by atoms with Crippen molar-refractivity contribution in [2.24, 2.45) is 5.92 Å². The van der Waals surface area contributed by atoms with E-state index in [4.69, 9.17) is 0 Å². The van der Waals surface area contributed by atoms with Crippen LogP contribution in [-0.2, 0) is 12.4 Å². The van der Waals surface area contributed by atoms with Gasteiger partial charge in [-0.25, -0.2) is 0 Å². The summed E-state index contributed by atoms with van der Waals surface area (Å²) >= 11 is 0. The third kappa shape index (κ3) is 7.10. The summed E-state index contributed by atoms with van der Waals surface area (Å²) in [4.78, 5) is 0. The highest BCUT2D eigenvalue weighted by atomic mass is 31.1. The Kier molecular flexibility index (Phi) is 8.88. The molecule has 0 nitrogen and oxygen atoms in total. The van der Waals surface area contributed by atoms with Crippen LogP contribution in [0.15, 0.2) is 48.5 Å². The maximum atomic E-state index is 13.3. The van der Waals surface area contributed by atoms with Crippen LogP contribution in [0.4, 0.5) is 26.3 Å². The lowest BCUT2D eigenvalue weighted by molar-refractivity contribution is -0.138. The summed E-state index contributed by atoms with van der Waals surface area (Å²) in [6.07, 6.45) is -5.88. The first-order chi connectivity index (χ1) is 16.8. The molecule has 8 heteroatoms. The molecule has 37 heavy (non-hydrogen) atoms. The molecule has 206 valence electrons. The van der Waals surface area contributed by atoms with E-state index in [2.05, 4.69) is 48.5 Å². The summed E-state index contributed by atoms with van der Waals surface area (Å²) in [6.45, 7) is 16.1. The Morgan fingerprint density at radius 2 is 1.03 bits per heavy atom. The van der Waals surface area contributed by atoms with Gasteiger partial charge < -0.3 is 0 Å². The Balaban J connectivity index is 2.09. The van der Waals surface area contributed by atoms with Crippen LogP contribution in [-0.4, -0.2) is 21.6 Å². The molecule has 1 saturated carbocycles. The zero-order valence-corrected chi connectivity index (χ0v) is 24.4. The fourth-order valence-electron chi connectivity index (χ4n) is 6.43. The Hall–Kier alpha value is -1.12. The van der Waals surface area contributed by atoms with Crippen molar-refractivity contribution in [1.29, 1.82) is 0 Å². The van der Waals surface area contributed by atoms with Crippen LogP contribution in [0.5, 0.6) is 0 Å². The molecule has 2 aromatic carbocycles. The number of halogens is 6. The van der Waals surface area contributed by atoms with Crippen LogP contribution in [0, 0.1) is 5.92 Å². The second-order valence-electron chi connectivity index (χ2n) is 12.1. The largest absolute Gasteiger partial charge is 0.416 e. The fraction of sp³-hybridized carbons (Fsp3) is 0.586. The first kappa shape index (κ1) is 30.4. The molecule has 0 spiro atoms. The predicted molar refractivity (Wildman–Crippen MR) is 146 cm³/mol. The molecule has 2 unspecified atom stereocenters. The minimum atomic E-state index is -4.44. The van der Waals surface area contributed by atoms with Gasteiger partial charge in [0.05, 0.1) is 11.1 Å². The van der Waals surface area contributed by atoms with Crippen LogP contribution in [0.2, 0.25) is 0 Å². The number of hydrogen-bond donors (Lipinski definition) is 0. The standard InChI is InChI=1S/C29H38F6P2/c1-19(37(26(2,3)4)27(5,6)7)24-9-8-10-25(24)36(22-15-11-20(12-16-22)28(30,31)32)23-17-13-21(14-18-23)29(33,34)35/h11-19,24-25H,8-10H2,1-7H3/t19-,24?,25?/m0/s1. The van der Waals surface area contributed by atoms with Crippen molar-refractivity contribution in [3.8, 4) is 0 Å². The molecule has 1 aliphatic carbocycles. The first-order valence-corrected chi connectivity index (χ1v) is 15.6. The number of rotatable bonds is 5. The topological polar surface area (TPSA) is 0 Å². The molecule has 0 aliphatic heterocycles. The molecular formula is C29H38F6P2. The highest BCUT2D eigenvalue weighted by Gasteiger charge is 2.46.